The molecule has 0 spiro atoms. The predicted molar refractivity (Wildman–Crippen MR) is 125 cm³/mol. The fourth-order valence-corrected chi connectivity index (χ4v) is 4.66. The number of hydrogen-bond acceptors (Lipinski definition) is 9. The number of carbonyl (C=O) groups is 3. The number of nitriles is 1. The van der Waals surface area contributed by atoms with Crippen molar-refractivity contribution in [3.05, 3.63) is 54.1 Å². The van der Waals surface area contributed by atoms with Crippen LogP contribution in [0, 0.1) is 11.3 Å². The second-order valence-electron chi connectivity index (χ2n) is 7.87. The van der Waals surface area contributed by atoms with Crippen LogP contribution in [0.5, 0.6) is 5.75 Å². The molecule has 1 fully saturated rings. The first-order valence-electron chi connectivity index (χ1n) is 10.8. The first-order chi connectivity index (χ1) is 17.1. The van der Waals surface area contributed by atoms with E-state index in [4.69, 9.17) is 10.00 Å². The molecule has 1 aliphatic heterocycles. The molecule has 12 nitrogen and oxygen atoms in total. The van der Waals surface area contributed by atoms with Crippen LogP contribution in [0.25, 0.3) is 0 Å². The van der Waals surface area contributed by atoms with Crippen LogP contribution in [0.15, 0.2) is 53.4 Å². The zero-order valence-electron chi connectivity index (χ0n) is 19.3. The van der Waals surface area contributed by atoms with Gasteiger partial charge in [-0.1, -0.05) is 0 Å². The lowest BCUT2D eigenvalue weighted by Crippen LogP contribution is -2.56. The van der Waals surface area contributed by atoms with Crippen molar-refractivity contribution in [2.45, 2.75) is 10.9 Å². The molecule has 1 aliphatic rings. The molecule has 0 bridgehead atoms. The molecule has 2 aromatic rings. The molecular weight excluding hydrogens is 490 g/mol. The molecule has 0 saturated carbocycles. The normalized spacial score (nSPS) is 14.6. The van der Waals surface area contributed by atoms with Crippen LogP contribution in [-0.2, 0) is 24.4 Å². The van der Waals surface area contributed by atoms with Crippen molar-refractivity contribution in [1.82, 2.24) is 14.9 Å². The summed E-state index contributed by atoms with van der Waals surface area (Å²) in [5.74, 6) is -2.26. The topological polar surface area (TPSA) is 172 Å². The number of hydrogen-bond donors (Lipinski definition) is 2. The number of amides is 2. The summed E-state index contributed by atoms with van der Waals surface area (Å²) in [5, 5.41) is 22.7. The van der Waals surface area contributed by atoms with Gasteiger partial charge in [-0.25, -0.2) is 13.1 Å². The lowest BCUT2D eigenvalue weighted by molar-refractivity contribution is -0.307. The number of rotatable bonds is 10. The number of piperazine rings is 1. The van der Waals surface area contributed by atoms with Crippen molar-refractivity contribution >= 4 is 33.5 Å². The average molecular weight is 515 g/mol. The van der Waals surface area contributed by atoms with Crippen molar-refractivity contribution < 1.29 is 32.6 Å². The number of benzene rings is 2. The summed E-state index contributed by atoms with van der Waals surface area (Å²) < 4.78 is 32.0. The molecule has 1 unspecified atom stereocenters. The van der Waals surface area contributed by atoms with Gasteiger partial charge in [0, 0.05) is 25.3 Å². The molecule has 36 heavy (non-hydrogen) atoms. The van der Waals surface area contributed by atoms with E-state index in [-0.39, 0.29) is 30.4 Å². The molecule has 190 valence electrons. The summed E-state index contributed by atoms with van der Waals surface area (Å²) in [5.41, 5.74) is 1.27. The molecule has 3 rings (SSSR count). The molecule has 0 aliphatic carbocycles. The number of carboxylic acid groups (broad SMARTS) is 1. The van der Waals surface area contributed by atoms with E-state index in [1.165, 1.54) is 36.3 Å². The minimum Gasteiger partial charge on any atom is -0.548 e. The summed E-state index contributed by atoms with van der Waals surface area (Å²) in [6.07, 6.45) is 0. The first-order valence-corrected chi connectivity index (χ1v) is 12.3. The van der Waals surface area contributed by atoms with Crippen molar-refractivity contribution in [2.75, 3.05) is 44.7 Å². The lowest BCUT2D eigenvalue weighted by atomic mass is 10.2. The van der Waals surface area contributed by atoms with Crippen LogP contribution >= 0.6 is 0 Å². The average Bonchev–Trinajstić information content (AvgIpc) is 2.87. The summed E-state index contributed by atoms with van der Waals surface area (Å²) in [6.45, 7) is -0.155. The van der Waals surface area contributed by atoms with E-state index in [9.17, 15) is 27.9 Å². The Morgan fingerprint density at radius 1 is 1.14 bits per heavy atom. The Kier molecular flexibility index (Phi) is 8.46. The van der Waals surface area contributed by atoms with Crippen LogP contribution < -0.4 is 24.8 Å². The molecule has 13 heteroatoms. The third-order valence-corrected chi connectivity index (χ3v) is 6.96. The Labute approximate surface area is 208 Å². The molecule has 2 N–H and O–H groups in total. The van der Waals surface area contributed by atoms with Crippen molar-refractivity contribution in [3.63, 3.8) is 0 Å². The zero-order chi connectivity index (χ0) is 26.3. The minimum absolute atomic E-state index is 0.0303. The van der Waals surface area contributed by atoms with Crippen LogP contribution in [0.2, 0.25) is 0 Å². The molecular formula is C23H24N5O7S-. The fourth-order valence-electron chi connectivity index (χ4n) is 3.47. The van der Waals surface area contributed by atoms with Crippen molar-refractivity contribution in [1.29, 1.82) is 5.26 Å². The number of anilines is 1. The molecule has 2 amide bonds. The van der Waals surface area contributed by atoms with Gasteiger partial charge in [0.25, 0.3) is 0 Å². The number of ether oxygens (including phenoxy) is 1. The number of aliphatic carboxylic acids is 1. The quantitative estimate of drug-likeness (QED) is 0.380. The van der Waals surface area contributed by atoms with E-state index >= 15 is 0 Å². The van der Waals surface area contributed by atoms with Crippen molar-refractivity contribution in [3.8, 4) is 11.8 Å². The Morgan fingerprint density at radius 3 is 2.36 bits per heavy atom. The summed E-state index contributed by atoms with van der Waals surface area (Å²) in [7, 11) is -2.80. The standard InChI is InChI=1S/C23H25N5O7S/c1-35-18-6-8-19(9-7-18)36(33,34)26-20(23(31)32)13-25-21(29)14-28-11-10-27(15-22(28)30)17-4-2-16(12-24)3-5-17/h2-9,20,26H,10-11,13-15H2,1H3,(H,25,29)(H,31,32)/p-1. The van der Waals surface area contributed by atoms with E-state index in [0.717, 1.165) is 5.69 Å². The smallest absolute Gasteiger partial charge is 0.242 e. The number of carbonyl (C=O) groups excluding carboxylic acids is 3. The summed E-state index contributed by atoms with van der Waals surface area (Å²) in [4.78, 5) is 39.3. The molecule has 0 radical (unpaired) electrons. The Hall–Kier alpha value is -4.15. The van der Waals surface area contributed by atoms with Crippen LogP contribution in [-0.4, -0.2) is 77.0 Å². The Balaban J connectivity index is 1.52. The van der Waals surface area contributed by atoms with E-state index in [0.29, 0.717) is 17.9 Å². The molecule has 0 aromatic heterocycles. The largest absolute Gasteiger partial charge is 0.548 e. The van der Waals surface area contributed by atoms with E-state index in [1.54, 1.807) is 24.3 Å². The predicted octanol–water partition coefficient (Wildman–Crippen LogP) is -1.57. The monoisotopic (exact) mass is 514 g/mol. The lowest BCUT2D eigenvalue weighted by Gasteiger charge is -2.35. The highest BCUT2D eigenvalue weighted by Crippen LogP contribution is 2.18. The van der Waals surface area contributed by atoms with E-state index in [2.05, 4.69) is 5.32 Å². The van der Waals surface area contributed by atoms with E-state index in [1.807, 2.05) is 15.7 Å². The van der Waals surface area contributed by atoms with Gasteiger partial charge in [-0.3, -0.25) is 9.59 Å². The van der Waals surface area contributed by atoms with Crippen LogP contribution in [0.1, 0.15) is 5.56 Å². The highest BCUT2D eigenvalue weighted by molar-refractivity contribution is 7.89. The Morgan fingerprint density at radius 2 is 1.81 bits per heavy atom. The van der Waals surface area contributed by atoms with Gasteiger partial charge in [-0.2, -0.15) is 5.26 Å². The maximum absolute atomic E-state index is 12.5. The van der Waals surface area contributed by atoms with Gasteiger partial charge < -0.3 is 29.8 Å². The number of nitrogens with one attached hydrogen (secondary N) is 2. The number of methoxy groups -OCH3 is 1. The molecule has 1 saturated heterocycles. The SMILES string of the molecule is COc1ccc(S(=O)(=O)NC(CNC(=O)CN2CCN(c3ccc(C#N)cc3)CC2=O)C(=O)[O-])cc1. The second kappa shape index (κ2) is 11.5. The van der Waals surface area contributed by atoms with Gasteiger partial charge >= 0.3 is 0 Å². The van der Waals surface area contributed by atoms with Gasteiger partial charge in [0.1, 0.15) is 5.75 Å². The third kappa shape index (κ3) is 6.71. The number of sulfonamides is 1. The maximum atomic E-state index is 12.5. The third-order valence-electron chi connectivity index (χ3n) is 5.47. The first kappa shape index (κ1) is 26.5. The number of carboxylic acids is 1. The Bertz CT molecular complexity index is 1260. The van der Waals surface area contributed by atoms with Gasteiger partial charge in [0.15, 0.2) is 0 Å². The molecule has 1 heterocycles. The highest BCUT2D eigenvalue weighted by Gasteiger charge is 2.27. The van der Waals surface area contributed by atoms with Gasteiger partial charge in [-0.15, -0.1) is 0 Å². The summed E-state index contributed by atoms with van der Waals surface area (Å²) in [6, 6.07) is 12.4. The second-order valence-corrected chi connectivity index (χ2v) is 9.58. The number of nitrogens with zero attached hydrogens (tertiary/aromatic N) is 3. The fraction of sp³-hybridized carbons (Fsp3) is 0.304. The zero-order valence-corrected chi connectivity index (χ0v) is 20.2. The van der Waals surface area contributed by atoms with Gasteiger partial charge in [-0.05, 0) is 48.5 Å². The minimum atomic E-state index is -4.22. The van der Waals surface area contributed by atoms with Gasteiger partial charge in [0.2, 0.25) is 21.8 Å². The van der Waals surface area contributed by atoms with Gasteiger partial charge in [0.05, 0.1) is 48.7 Å². The van der Waals surface area contributed by atoms with Crippen LogP contribution in [0.4, 0.5) is 5.69 Å². The highest BCUT2D eigenvalue weighted by atomic mass is 32.2. The summed E-state index contributed by atoms with van der Waals surface area (Å²) >= 11 is 0. The maximum Gasteiger partial charge on any atom is 0.242 e. The van der Waals surface area contributed by atoms with E-state index < -0.39 is 34.5 Å². The van der Waals surface area contributed by atoms with Crippen molar-refractivity contribution in [2.24, 2.45) is 0 Å². The molecule has 1 atom stereocenters. The molecule has 2 aromatic carbocycles. The van der Waals surface area contributed by atoms with Crippen LogP contribution in [0.3, 0.4) is 0 Å².